The third-order valence-corrected chi connectivity index (χ3v) is 5.12. The highest BCUT2D eigenvalue weighted by molar-refractivity contribution is 5.79. The lowest BCUT2D eigenvalue weighted by Crippen LogP contribution is -2.38. The number of benzene rings is 1. The summed E-state index contributed by atoms with van der Waals surface area (Å²) < 4.78 is 2.31. The molecule has 2 heterocycles. The van der Waals surface area contributed by atoms with Crippen LogP contribution in [-0.4, -0.2) is 40.4 Å². The molecule has 6 nitrogen and oxygen atoms in total. The topological polar surface area (TPSA) is 67.1 Å². The van der Waals surface area contributed by atoms with Crippen molar-refractivity contribution in [3.8, 4) is 0 Å². The van der Waals surface area contributed by atoms with Gasteiger partial charge in [0.2, 0.25) is 0 Å². The average Bonchev–Trinajstić information content (AvgIpc) is 2.87. The summed E-state index contributed by atoms with van der Waals surface area (Å²) in [5, 5.41) is 15.6. The quantitative estimate of drug-likeness (QED) is 0.571. The summed E-state index contributed by atoms with van der Waals surface area (Å²) in [6.07, 6.45) is 6.62. The minimum Gasteiger partial charge on any atom is -0.357 e. The molecule has 0 radical (unpaired) electrons. The Kier molecular flexibility index (Phi) is 7.46. The van der Waals surface area contributed by atoms with Crippen molar-refractivity contribution in [3.63, 3.8) is 0 Å². The largest absolute Gasteiger partial charge is 0.357 e. The maximum atomic E-state index is 4.74. The van der Waals surface area contributed by atoms with Crippen LogP contribution in [0.4, 0.5) is 0 Å². The molecular formula is C22H34N6. The zero-order valence-electron chi connectivity index (χ0n) is 17.6. The molecule has 1 aliphatic rings. The number of hydrogen-bond acceptors (Lipinski definition) is 3. The number of aromatic nitrogens is 3. The van der Waals surface area contributed by atoms with Crippen molar-refractivity contribution in [3.05, 3.63) is 46.5 Å². The van der Waals surface area contributed by atoms with Crippen LogP contribution in [0.15, 0.2) is 23.2 Å². The fourth-order valence-electron chi connectivity index (χ4n) is 3.88. The van der Waals surface area contributed by atoms with E-state index in [1.54, 1.807) is 0 Å². The highest BCUT2D eigenvalue weighted by atomic mass is 15.3. The molecule has 152 valence electrons. The molecule has 0 fully saturated rings. The van der Waals surface area contributed by atoms with Crippen LogP contribution in [0.5, 0.6) is 0 Å². The SMILES string of the molecule is CCNC(=NCCc1nnc2n1CCCCC2)NCCc1cc(C)cc(C)c1. The molecule has 2 aromatic rings. The normalized spacial score (nSPS) is 14.5. The van der Waals surface area contributed by atoms with Crippen LogP contribution in [0.1, 0.15) is 54.5 Å². The van der Waals surface area contributed by atoms with Crippen molar-refractivity contribution in [1.82, 2.24) is 25.4 Å². The molecule has 2 N–H and O–H groups in total. The van der Waals surface area contributed by atoms with Crippen LogP contribution < -0.4 is 10.6 Å². The van der Waals surface area contributed by atoms with Crippen LogP contribution in [0.3, 0.4) is 0 Å². The molecule has 0 unspecified atom stereocenters. The number of fused-ring (bicyclic) bond motifs is 1. The summed E-state index contributed by atoms with van der Waals surface area (Å²) in [5.41, 5.74) is 4.01. The zero-order chi connectivity index (χ0) is 19.8. The van der Waals surface area contributed by atoms with Gasteiger partial charge in [0, 0.05) is 39.0 Å². The summed E-state index contributed by atoms with van der Waals surface area (Å²) in [6.45, 7) is 9.90. The minimum absolute atomic E-state index is 0.719. The molecular weight excluding hydrogens is 348 g/mol. The van der Waals surface area contributed by atoms with Gasteiger partial charge >= 0.3 is 0 Å². The molecule has 0 amide bonds. The van der Waals surface area contributed by atoms with E-state index in [0.717, 1.165) is 63.0 Å². The Hall–Kier alpha value is -2.37. The number of aliphatic imine (C=N–C) groups is 1. The van der Waals surface area contributed by atoms with E-state index in [4.69, 9.17) is 4.99 Å². The molecule has 0 saturated carbocycles. The summed E-state index contributed by atoms with van der Waals surface area (Å²) in [7, 11) is 0. The Morgan fingerprint density at radius 3 is 2.64 bits per heavy atom. The van der Waals surface area contributed by atoms with Crippen molar-refractivity contribution >= 4 is 5.96 Å². The van der Waals surface area contributed by atoms with E-state index in [1.807, 2.05) is 0 Å². The number of hydrogen-bond donors (Lipinski definition) is 2. The standard InChI is InChI=1S/C22H34N6/c1-4-23-22(24-11-9-19-15-17(2)14-18(3)16-19)25-12-10-21-27-26-20-8-6-5-7-13-28(20)21/h14-16H,4-13H2,1-3H3,(H2,23,24,25). The summed E-state index contributed by atoms with van der Waals surface area (Å²) in [6, 6.07) is 6.74. The van der Waals surface area contributed by atoms with Gasteiger partial charge in [-0.25, -0.2) is 0 Å². The average molecular weight is 383 g/mol. The van der Waals surface area contributed by atoms with Gasteiger partial charge in [-0.2, -0.15) is 0 Å². The number of nitrogens with zero attached hydrogens (tertiary/aromatic N) is 4. The molecule has 3 rings (SSSR count). The lowest BCUT2D eigenvalue weighted by Gasteiger charge is -2.12. The highest BCUT2D eigenvalue weighted by Crippen LogP contribution is 2.14. The van der Waals surface area contributed by atoms with Gasteiger partial charge in [-0.1, -0.05) is 35.7 Å². The first kappa shape index (κ1) is 20.4. The van der Waals surface area contributed by atoms with Crippen molar-refractivity contribution in [1.29, 1.82) is 0 Å². The van der Waals surface area contributed by atoms with Gasteiger partial charge in [-0.15, -0.1) is 10.2 Å². The van der Waals surface area contributed by atoms with Crippen molar-refractivity contribution in [2.24, 2.45) is 4.99 Å². The van der Waals surface area contributed by atoms with E-state index >= 15 is 0 Å². The highest BCUT2D eigenvalue weighted by Gasteiger charge is 2.14. The van der Waals surface area contributed by atoms with Crippen LogP contribution >= 0.6 is 0 Å². The molecule has 6 heteroatoms. The maximum Gasteiger partial charge on any atom is 0.191 e. The predicted molar refractivity (Wildman–Crippen MR) is 115 cm³/mol. The lowest BCUT2D eigenvalue weighted by atomic mass is 10.1. The van der Waals surface area contributed by atoms with Crippen LogP contribution in [0.2, 0.25) is 0 Å². The second-order valence-corrected chi connectivity index (χ2v) is 7.68. The van der Waals surface area contributed by atoms with Gasteiger partial charge in [-0.05, 0) is 45.6 Å². The van der Waals surface area contributed by atoms with Gasteiger partial charge in [0.05, 0.1) is 0 Å². The van der Waals surface area contributed by atoms with E-state index in [9.17, 15) is 0 Å². The first-order valence-corrected chi connectivity index (χ1v) is 10.7. The predicted octanol–water partition coefficient (Wildman–Crippen LogP) is 2.96. The van der Waals surface area contributed by atoms with Gasteiger partial charge in [0.1, 0.15) is 11.6 Å². The Morgan fingerprint density at radius 2 is 1.86 bits per heavy atom. The smallest absolute Gasteiger partial charge is 0.191 e. The van der Waals surface area contributed by atoms with Gasteiger partial charge < -0.3 is 15.2 Å². The van der Waals surface area contributed by atoms with Crippen molar-refractivity contribution < 1.29 is 0 Å². The lowest BCUT2D eigenvalue weighted by molar-refractivity contribution is 0.604. The van der Waals surface area contributed by atoms with Crippen LogP contribution in [-0.2, 0) is 25.8 Å². The second-order valence-electron chi connectivity index (χ2n) is 7.68. The van der Waals surface area contributed by atoms with Gasteiger partial charge in [0.15, 0.2) is 5.96 Å². The Bertz CT molecular complexity index is 772. The molecule has 0 spiro atoms. The first-order chi connectivity index (χ1) is 13.7. The fourth-order valence-corrected chi connectivity index (χ4v) is 3.88. The number of rotatable bonds is 7. The minimum atomic E-state index is 0.719. The monoisotopic (exact) mass is 382 g/mol. The second kappa shape index (κ2) is 10.2. The van der Waals surface area contributed by atoms with Crippen LogP contribution in [0.25, 0.3) is 0 Å². The van der Waals surface area contributed by atoms with Crippen LogP contribution in [0, 0.1) is 13.8 Å². The molecule has 0 atom stereocenters. The van der Waals surface area contributed by atoms with E-state index < -0.39 is 0 Å². The molecule has 1 aromatic heterocycles. The third kappa shape index (κ3) is 5.81. The summed E-state index contributed by atoms with van der Waals surface area (Å²) in [4.78, 5) is 4.74. The number of nitrogens with one attached hydrogen (secondary N) is 2. The molecule has 1 aromatic carbocycles. The molecule has 0 saturated heterocycles. The number of aryl methyl sites for hydroxylation is 3. The maximum absolute atomic E-state index is 4.74. The van der Waals surface area contributed by atoms with E-state index in [-0.39, 0.29) is 0 Å². The molecule has 0 aliphatic carbocycles. The zero-order valence-corrected chi connectivity index (χ0v) is 17.6. The number of guanidine groups is 1. The molecule has 1 aliphatic heterocycles. The molecule has 0 bridgehead atoms. The van der Waals surface area contributed by atoms with E-state index in [2.05, 4.69) is 64.4 Å². The summed E-state index contributed by atoms with van der Waals surface area (Å²) in [5.74, 6) is 3.10. The van der Waals surface area contributed by atoms with E-state index in [1.165, 1.54) is 36.0 Å². The third-order valence-electron chi connectivity index (χ3n) is 5.12. The van der Waals surface area contributed by atoms with Crippen molar-refractivity contribution in [2.75, 3.05) is 19.6 Å². The Balaban J connectivity index is 1.52. The van der Waals surface area contributed by atoms with Crippen molar-refractivity contribution in [2.45, 2.75) is 65.8 Å². The fraction of sp³-hybridized carbons (Fsp3) is 0.591. The molecule has 28 heavy (non-hydrogen) atoms. The van der Waals surface area contributed by atoms with E-state index in [0.29, 0.717) is 0 Å². The first-order valence-electron chi connectivity index (χ1n) is 10.7. The van der Waals surface area contributed by atoms with Gasteiger partial charge in [-0.3, -0.25) is 4.99 Å². The summed E-state index contributed by atoms with van der Waals surface area (Å²) >= 11 is 0. The Morgan fingerprint density at radius 1 is 1.04 bits per heavy atom. The Labute approximate surface area is 168 Å². The van der Waals surface area contributed by atoms with Gasteiger partial charge in [0.25, 0.3) is 0 Å².